The molecule has 0 saturated heterocycles. The molecule has 0 saturated carbocycles. The molecule has 0 unspecified atom stereocenters. The Balaban J connectivity index is 2.41. The second kappa shape index (κ2) is 28.8. The third-order valence-electron chi connectivity index (χ3n) is 7.92. The summed E-state index contributed by atoms with van der Waals surface area (Å²) >= 11 is 0. The van der Waals surface area contributed by atoms with Gasteiger partial charge in [-0.3, -0.25) is 14.4 Å². The second-order valence-electron chi connectivity index (χ2n) is 12.1. The first-order valence-electron chi connectivity index (χ1n) is 18.5. The fourth-order valence-corrected chi connectivity index (χ4v) is 5.26. The summed E-state index contributed by atoms with van der Waals surface area (Å²) in [5, 5.41) is 8.67. The number of ether oxygens (including phenoxy) is 2. The summed E-state index contributed by atoms with van der Waals surface area (Å²) in [4.78, 5) is 50.0. The van der Waals surface area contributed by atoms with Crippen LogP contribution in [0.5, 0.6) is 0 Å². The van der Waals surface area contributed by atoms with Crippen molar-refractivity contribution < 1.29 is 28.7 Å². The number of carbonyl (C=O) groups excluding carboxylic acids is 4. The van der Waals surface area contributed by atoms with Gasteiger partial charge < -0.3 is 25.4 Å². The zero-order valence-corrected chi connectivity index (χ0v) is 31.2. The number of esters is 1. The summed E-state index contributed by atoms with van der Waals surface area (Å²) in [6.45, 7) is 9.71. The predicted octanol–water partition coefficient (Wildman–Crippen LogP) is 7.43. The molecule has 0 bridgehead atoms. The van der Waals surface area contributed by atoms with Gasteiger partial charge >= 0.3 is 5.97 Å². The minimum atomic E-state index is -0.615. The molecule has 0 heterocycles. The normalized spacial score (nSPS) is 18.3. The average molecular weight is 694 g/mol. The number of carbonyl (C=O) groups is 4. The molecular weight excluding hydrogens is 630 g/mol. The molecule has 3 atom stereocenters. The van der Waals surface area contributed by atoms with Crippen LogP contribution in [0.25, 0.3) is 0 Å². The van der Waals surface area contributed by atoms with E-state index in [-0.39, 0.29) is 49.8 Å². The van der Waals surface area contributed by atoms with Gasteiger partial charge in [-0.2, -0.15) is 0 Å². The quantitative estimate of drug-likeness (QED) is 0.0676. The van der Waals surface area contributed by atoms with Gasteiger partial charge in [0.2, 0.25) is 17.7 Å². The van der Waals surface area contributed by atoms with Crippen LogP contribution in [0.3, 0.4) is 0 Å². The molecule has 278 valence electrons. The van der Waals surface area contributed by atoms with Crippen molar-refractivity contribution in [1.82, 2.24) is 16.0 Å². The number of amides is 3. The number of rotatable bonds is 25. The Bertz CT molecular complexity index is 1210. The molecule has 0 fully saturated rings. The Morgan fingerprint density at radius 2 is 1.28 bits per heavy atom. The van der Waals surface area contributed by atoms with Crippen LogP contribution in [0.4, 0.5) is 0 Å². The van der Waals surface area contributed by atoms with Gasteiger partial charge in [-0.25, -0.2) is 4.79 Å². The highest BCUT2D eigenvalue weighted by Gasteiger charge is 2.38. The maximum atomic E-state index is 12.9. The average Bonchev–Trinajstić information content (AvgIpc) is 3.09. The third kappa shape index (κ3) is 21.2. The Labute approximate surface area is 301 Å². The van der Waals surface area contributed by atoms with Crippen LogP contribution in [0.2, 0.25) is 0 Å². The van der Waals surface area contributed by atoms with E-state index < -0.39 is 24.2 Å². The SMILES string of the molecule is CC/C=C\C/C=C\C/C=C\C/C=C\C/C=C\C/C=C\CCC(=O)NCCC(=O)N[C@H]1CC(C(=O)OCC)=C[C@@H](OC(CC)CC)[C@@H]1NC(C)=O. The van der Waals surface area contributed by atoms with Crippen molar-refractivity contribution in [2.45, 2.75) is 136 Å². The topological polar surface area (TPSA) is 123 Å². The molecule has 0 aromatic carbocycles. The molecule has 0 spiro atoms. The van der Waals surface area contributed by atoms with Gasteiger partial charge in [0.25, 0.3) is 0 Å². The molecule has 9 nitrogen and oxygen atoms in total. The predicted molar refractivity (Wildman–Crippen MR) is 203 cm³/mol. The Morgan fingerprint density at radius 1 is 0.740 bits per heavy atom. The molecule has 0 aromatic heterocycles. The molecule has 0 radical (unpaired) electrons. The van der Waals surface area contributed by atoms with E-state index in [1.54, 1.807) is 13.0 Å². The van der Waals surface area contributed by atoms with E-state index in [0.717, 1.165) is 51.4 Å². The van der Waals surface area contributed by atoms with Crippen molar-refractivity contribution in [3.63, 3.8) is 0 Å². The van der Waals surface area contributed by atoms with Gasteiger partial charge in [0.1, 0.15) is 0 Å². The summed E-state index contributed by atoms with van der Waals surface area (Å²) in [6, 6.07) is -1.15. The lowest BCUT2D eigenvalue weighted by Crippen LogP contribution is -2.59. The first-order valence-corrected chi connectivity index (χ1v) is 18.5. The van der Waals surface area contributed by atoms with E-state index in [1.807, 2.05) is 26.0 Å². The lowest BCUT2D eigenvalue weighted by atomic mass is 9.87. The highest BCUT2D eigenvalue weighted by atomic mass is 16.5. The third-order valence-corrected chi connectivity index (χ3v) is 7.92. The molecule has 1 rings (SSSR count). The number of hydrogen-bond acceptors (Lipinski definition) is 6. The Morgan fingerprint density at radius 3 is 1.78 bits per heavy atom. The van der Waals surface area contributed by atoms with Crippen molar-refractivity contribution in [3.8, 4) is 0 Å². The van der Waals surface area contributed by atoms with Crippen LogP contribution < -0.4 is 16.0 Å². The van der Waals surface area contributed by atoms with Crippen molar-refractivity contribution in [3.05, 3.63) is 84.6 Å². The molecule has 1 aliphatic rings. The number of hydrogen-bond donors (Lipinski definition) is 3. The minimum Gasteiger partial charge on any atom is -0.463 e. The van der Waals surface area contributed by atoms with E-state index in [4.69, 9.17) is 9.47 Å². The van der Waals surface area contributed by atoms with Crippen LogP contribution in [-0.2, 0) is 28.7 Å². The van der Waals surface area contributed by atoms with Crippen molar-refractivity contribution in [1.29, 1.82) is 0 Å². The lowest BCUT2D eigenvalue weighted by molar-refractivity contribution is -0.139. The summed E-state index contributed by atoms with van der Waals surface area (Å²) in [6.07, 6.45) is 35.2. The largest absolute Gasteiger partial charge is 0.463 e. The fraction of sp³-hybridized carbons (Fsp3) is 0.561. The van der Waals surface area contributed by atoms with E-state index >= 15 is 0 Å². The molecule has 50 heavy (non-hydrogen) atoms. The van der Waals surface area contributed by atoms with Gasteiger partial charge in [-0.1, -0.05) is 93.7 Å². The maximum Gasteiger partial charge on any atom is 0.333 e. The zero-order valence-electron chi connectivity index (χ0n) is 31.2. The summed E-state index contributed by atoms with van der Waals surface area (Å²) in [5.74, 6) is -1.16. The van der Waals surface area contributed by atoms with E-state index in [9.17, 15) is 19.2 Å². The van der Waals surface area contributed by atoms with Gasteiger partial charge in [-0.05, 0) is 70.8 Å². The Hall–Kier alpha value is -3.98. The van der Waals surface area contributed by atoms with Gasteiger partial charge in [-0.15, -0.1) is 0 Å². The van der Waals surface area contributed by atoms with Crippen LogP contribution in [0.15, 0.2) is 84.6 Å². The van der Waals surface area contributed by atoms with Crippen molar-refractivity contribution in [2.24, 2.45) is 0 Å². The zero-order chi connectivity index (χ0) is 36.8. The van der Waals surface area contributed by atoms with Crippen molar-refractivity contribution in [2.75, 3.05) is 13.2 Å². The molecule has 0 aromatic rings. The maximum absolute atomic E-state index is 12.9. The van der Waals surface area contributed by atoms with Crippen LogP contribution in [-0.4, -0.2) is 61.1 Å². The van der Waals surface area contributed by atoms with Crippen LogP contribution >= 0.6 is 0 Å². The summed E-state index contributed by atoms with van der Waals surface area (Å²) in [5.41, 5.74) is 0.400. The summed E-state index contributed by atoms with van der Waals surface area (Å²) in [7, 11) is 0. The minimum absolute atomic E-state index is 0.0610. The standard InChI is InChI=1S/C41H63N3O6/c1-6-10-11-12-13-14-15-16-17-18-19-20-21-22-23-24-25-26-27-28-38(46)42-30-29-39(47)44-36-31-34(41(48)49-9-4)32-37(40(36)43-33(5)45)50-35(7-2)8-3/h10-11,13-14,16-17,19-20,22-23,25-26,32,35-37,40H,6-9,12,15,18,21,24,27-31H2,1-5H3,(H,42,46)(H,43,45)(H,44,47)/b11-10-,14-13-,17-16-,20-19-,23-22-,26-25-/t36-,37+,40+/m0/s1. The highest BCUT2D eigenvalue weighted by Crippen LogP contribution is 2.25. The van der Waals surface area contributed by atoms with Crippen LogP contribution in [0, 0.1) is 0 Å². The van der Waals surface area contributed by atoms with Gasteiger partial charge in [0.15, 0.2) is 0 Å². The molecule has 0 aliphatic heterocycles. The smallest absolute Gasteiger partial charge is 0.333 e. The first kappa shape index (κ1) is 44.0. The molecule has 1 aliphatic carbocycles. The molecule has 9 heteroatoms. The first-order chi connectivity index (χ1) is 24.2. The highest BCUT2D eigenvalue weighted by molar-refractivity contribution is 5.89. The fourth-order valence-electron chi connectivity index (χ4n) is 5.26. The van der Waals surface area contributed by atoms with Crippen LogP contribution in [0.1, 0.15) is 112 Å². The molecule has 3 amide bonds. The van der Waals surface area contributed by atoms with E-state index in [2.05, 4.69) is 83.6 Å². The number of allylic oxidation sites excluding steroid dienone is 12. The molecule has 3 N–H and O–H groups in total. The molecular formula is C41H63N3O6. The lowest BCUT2D eigenvalue weighted by Gasteiger charge is -2.38. The summed E-state index contributed by atoms with van der Waals surface area (Å²) < 4.78 is 11.5. The number of nitrogens with one attached hydrogen (secondary N) is 3. The van der Waals surface area contributed by atoms with E-state index in [1.165, 1.54) is 6.92 Å². The van der Waals surface area contributed by atoms with Crippen molar-refractivity contribution >= 4 is 23.7 Å². The van der Waals surface area contributed by atoms with Gasteiger partial charge in [0.05, 0.1) is 30.9 Å². The second-order valence-corrected chi connectivity index (χ2v) is 12.1. The monoisotopic (exact) mass is 693 g/mol. The van der Waals surface area contributed by atoms with E-state index in [0.29, 0.717) is 18.4 Å². The van der Waals surface area contributed by atoms with Gasteiger partial charge in [0, 0.05) is 38.3 Å². The Kier molecular flexibility index (Phi) is 25.4.